The Hall–Kier alpha value is -1.75. The summed E-state index contributed by atoms with van der Waals surface area (Å²) in [4.78, 5) is 12.6. The van der Waals surface area contributed by atoms with Gasteiger partial charge in [0.15, 0.2) is 0 Å². The van der Waals surface area contributed by atoms with Gasteiger partial charge in [0.2, 0.25) is 5.13 Å². The van der Waals surface area contributed by atoms with Crippen LogP contribution in [0.15, 0.2) is 18.2 Å². The van der Waals surface area contributed by atoms with E-state index in [0.717, 1.165) is 28.3 Å². The third-order valence-electron chi connectivity index (χ3n) is 6.91. The van der Waals surface area contributed by atoms with Crippen molar-refractivity contribution in [3.8, 4) is 0 Å². The molecule has 5 heteroatoms. The van der Waals surface area contributed by atoms with Crippen LogP contribution in [0.25, 0.3) is 0 Å². The molecule has 1 aromatic carbocycles. The Balaban J connectivity index is 1.36. The van der Waals surface area contributed by atoms with E-state index in [9.17, 15) is 4.79 Å². The summed E-state index contributed by atoms with van der Waals surface area (Å²) in [5.41, 5.74) is 3.25. The molecule has 4 aliphatic carbocycles. The summed E-state index contributed by atoms with van der Waals surface area (Å²) >= 11 is 1.60. The lowest BCUT2D eigenvalue weighted by atomic mass is 9.50. The van der Waals surface area contributed by atoms with E-state index < -0.39 is 0 Å². The zero-order valence-electron chi connectivity index (χ0n) is 15.4. The SMILES string of the molecule is Cc1ccc(C(=O)Nc2nnc(C34CC5CC(CC(C5)C3)C4)s2)cc1C. The maximum Gasteiger partial charge on any atom is 0.257 e. The van der Waals surface area contributed by atoms with Gasteiger partial charge >= 0.3 is 0 Å². The molecule has 6 rings (SSSR count). The lowest BCUT2D eigenvalue weighted by molar-refractivity contribution is -0.00555. The third kappa shape index (κ3) is 2.68. The fraction of sp³-hybridized carbons (Fsp3) is 0.571. The average molecular weight is 368 g/mol. The summed E-state index contributed by atoms with van der Waals surface area (Å²) < 4.78 is 0. The standard InChI is InChI=1S/C21H25N3OS/c1-12-3-4-17(5-13(12)2)18(25)22-20-24-23-19(26-20)21-9-14-6-15(10-21)8-16(7-14)11-21/h3-5,14-16H,6-11H2,1-2H3,(H,22,24,25). The van der Waals surface area contributed by atoms with Gasteiger partial charge in [-0.3, -0.25) is 10.1 Å². The topological polar surface area (TPSA) is 54.9 Å². The van der Waals surface area contributed by atoms with Gasteiger partial charge in [-0.15, -0.1) is 10.2 Å². The molecule has 4 bridgehead atoms. The molecule has 4 fully saturated rings. The summed E-state index contributed by atoms with van der Waals surface area (Å²) in [6, 6.07) is 5.80. The van der Waals surface area contributed by atoms with E-state index in [-0.39, 0.29) is 11.3 Å². The van der Waals surface area contributed by atoms with Gasteiger partial charge in [-0.25, -0.2) is 0 Å². The number of carbonyl (C=O) groups is 1. The zero-order valence-corrected chi connectivity index (χ0v) is 16.2. The van der Waals surface area contributed by atoms with E-state index in [1.807, 2.05) is 25.1 Å². The Kier molecular flexibility index (Phi) is 3.71. The largest absolute Gasteiger partial charge is 0.296 e. The van der Waals surface area contributed by atoms with Crippen molar-refractivity contribution in [3.05, 3.63) is 39.9 Å². The van der Waals surface area contributed by atoms with Crippen LogP contribution in [-0.4, -0.2) is 16.1 Å². The number of aryl methyl sites for hydroxylation is 2. The molecular weight excluding hydrogens is 342 g/mol. The maximum absolute atomic E-state index is 12.6. The minimum absolute atomic E-state index is 0.0960. The fourth-order valence-corrected chi connectivity index (χ4v) is 6.87. The molecule has 0 spiro atoms. The number of amides is 1. The highest BCUT2D eigenvalue weighted by Gasteiger charge is 2.53. The lowest BCUT2D eigenvalue weighted by Gasteiger charge is -2.55. The van der Waals surface area contributed by atoms with E-state index in [0.29, 0.717) is 10.7 Å². The lowest BCUT2D eigenvalue weighted by Crippen LogP contribution is -2.48. The molecule has 4 aliphatic rings. The molecule has 0 radical (unpaired) electrons. The van der Waals surface area contributed by atoms with Crippen LogP contribution in [0.1, 0.15) is 65.0 Å². The summed E-state index contributed by atoms with van der Waals surface area (Å²) in [5.74, 6) is 2.57. The van der Waals surface area contributed by atoms with Gasteiger partial charge in [-0.1, -0.05) is 17.4 Å². The number of hydrogen-bond donors (Lipinski definition) is 1. The molecule has 1 amide bonds. The molecule has 136 valence electrons. The molecule has 0 saturated heterocycles. The van der Waals surface area contributed by atoms with Crippen LogP contribution < -0.4 is 5.32 Å². The summed E-state index contributed by atoms with van der Waals surface area (Å²) in [6.07, 6.45) is 8.10. The molecule has 0 aliphatic heterocycles. The van der Waals surface area contributed by atoms with Crippen molar-refractivity contribution in [3.63, 3.8) is 0 Å². The van der Waals surface area contributed by atoms with Crippen LogP contribution in [0.3, 0.4) is 0 Å². The van der Waals surface area contributed by atoms with Gasteiger partial charge in [-0.05, 0) is 93.4 Å². The molecule has 0 atom stereocenters. The van der Waals surface area contributed by atoms with Crippen molar-refractivity contribution in [2.75, 3.05) is 5.32 Å². The van der Waals surface area contributed by atoms with Crippen LogP contribution in [0, 0.1) is 31.6 Å². The van der Waals surface area contributed by atoms with Crippen molar-refractivity contribution in [1.29, 1.82) is 0 Å². The van der Waals surface area contributed by atoms with E-state index in [1.54, 1.807) is 11.3 Å². The predicted octanol–water partition coefficient (Wildman–Crippen LogP) is 4.88. The number of carbonyl (C=O) groups excluding carboxylic acids is 1. The predicted molar refractivity (Wildman–Crippen MR) is 104 cm³/mol. The first-order valence-corrected chi connectivity index (χ1v) is 10.5. The fourth-order valence-electron chi connectivity index (χ4n) is 5.91. The van der Waals surface area contributed by atoms with Crippen molar-refractivity contribution >= 4 is 22.4 Å². The Bertz CT molecular complexity index is 837. The van der Waals surface area contributed by atoms with Crippen molar-refractivity contribution < 1.29 is 4.79 Å². The van der Waals surface area contributed by atoms with Crippen molar-refractivity contribution in [1.82, 2.24) is 10.2 Å². The van der Waals surface area contributed by atoms with Gasteiger partial charge in [-0.2, -0.15) is 0 Å². The van der Waals surface area contributed by atoms with Gasteiger partial charge < -0.3 is 0 Å². The molecule has 1 aromatic heterocycles. The first-order chi connectivity index (χ1) is 12.5. The quantitative estimate of drug-likeness (QED) is 0.841. The van der Waals surface area contributed by atoms with Crippen molar-refractivity contribution in [2.24, 2.45) is 17.8 Å². The number of benzene rings is 1. The molecular formula is C21H25N3OS. The number of nitrogens with zero attached hydrogens (tertiary/aromatic N) is 2. The number of rotatable bonds is 3. The Labute approximate surface area is 158 Å². The highest BCUT2D eigenvalue weighted by Crippen LogP contribution is 2.61. The number of nitrogens with one attached hydrogen (secondary N) is 1. The normalized spacial score (nSPS) is 32.0. The van der Waals surface area contributed by atoms with E-state index >= 15 is 0 Å². The second-order valence-electron chi connectivity index (χ2n) is 8.86. The van der Waals surface area contributed by atoms with Gasteiger partial charge in [0, 0.05) is 11.0 Å². The monoisotopic (exact) mass is 367 g/mol. The third-order valence-corrected chi connectivity index (χ3v) is 7.99. The van der Waals surface area contributed by atoms with Gasteiger partial charge in [0.05, 0.1) is 0 Å². The van der Waals surface area contributed by atoms with Crippen LogP contribution in [-0.2, 0) is 5.41 Å². The van der Waals surface area contributed by atoms with E-state index in [1.165, 1.54) is 44.1 Å². The molecule has 26 heavy (non-hydrogen) atoms. The minimum Gasteiger partial charge on any atom is -0.296 e. The highest BCUT2D eigenvalue weighted by molar-refractivity contribution is 7.15. The van der Waals surface area contributed by atoms with E-state index in [2.05, 4.69) is 22.4 Å². The van der Waals surface area contributed by atoms with Gasteiger partial charge in [0.1, 0.15) is 5.01 Å². The second-order valence-corrected chi connectivity index (χ2v) is 9.84. The minimum atomic E-state index is -0.0960. The molecule has 2 aromatic rings. The Morgan fingerprint density at radius 3 is 2.31 bits per heavy atom. The summed E-state index contributed by atoms with van der Waals surface area (Å²) in [7, 11) is 0. The molecule has 1 N–H and O–H groups in total. The summed E-state index contributed by atoms with van der Waals surface area (Å²) in [5, 5.41) is 13.6. The Morgan fingerprint density at radius 1 is 1.04 bits per heavy atom. The van der Waals surface area contributed by atoms with Crippen LogP contribution in [0.5, 0.6) is 0 Å². The van der Waals surface area contributed by atoms with Crippen LogP contribution in [0.2, 0.25) is 0 Å². The van der Waals surface area contributed by atoms with Crippen LogP contribution >= 0.6 is 11.3 Å². The van der Waals surface area contributed by atoms with Crippen molar-refractivity contribution in [2.45, 2.75) is 57.8 Å². The molecule has 1 heterocycles. The molecule has 4 nitrogen and oxygen atoms in total. The first kappa shape index (κ1) is 16.4. The average Bonchev–Trinajstić information content (AvgIpc) is 3.05. The first-order valence-electron chi connectivity index (χ1n) is 9.73. The zero-order chi connectivity index (χ0) is 17.9. The molecule has 0 unspecified atom stereocenters. The molecule has 4 saturated carbocycles. The number of aromatic nitrogens is 2. The van der Waals surface area contributed by atoms with Gasteiger partial charge in [0.25, 0.3) is 5.91 Å². The second kappa shape index (κ2) is 5.88. The van der Waals surface area contributed by atoms with Crippen LogP contribution in [0.4, 0.5) is 5.13 Å². The smallest absolute Gasteiger partial charge is 0.257 e. The summed E-state index contributed by atoms with van der Waals surface area (Å²) in [6.45, 7) is 4.09. The maximum atomic E-state index is 12.6. The number of hydrogen-bond acceptors (Lipinski definition) is 4. The number of anilines is 1. The Morgan fingerprint density at radius 2 is 1.69 bits per heavy atom. The highest BCUT2D eigenvalue weighted by atomic mass is 32.1. The van der Waals surface area contributed by atoms with E-state index in [4.69, 9.17) is 0 Å².